The molecule has 166 valence electrons. The second-order valence-electron chi connectivity index (χ2n) is 8.72. The highest BCUT2D eigenvalue weighted by molar-refractivity contribution is 7.16. The van der Waals surface area contributed by atoms with E-state index in [0.29, 0.717) is 12.3 Å². The molecule has 1 unspecified atom stereocenters. The van der Waals surface area contributed by atoms with Gasteiger partial charge in [-0.05, 0) is 24.1 Å². The number of fused-ring (bicyclic) bond motifs is 2. The summed E-state index contributed by atoms with van der Waals surface area (Å²) in [6.07, 6.45) is 4.06. The van der Waals surface area contributed by atoms with Gasteiger partial charge in [0, 0.05) is 49.2 Å². The first kappa shape index (κ1) is 21.1. The second kappa shape index (κ2) is 9.02. The first-order valence-corrected chi connectivity index (χ1v) is 12.1. The third-order valence-electron chi connectivity index (χ3n) is 6.05. The number of hydrogen-bond acceptors (Lipinski definition) is 7. The minimum Gasteiger partial charge on any atom is -0.388 e. The molecule has 1 fully saturated rings. The van der Waals surface area contributed by atoms with Crippen LogP contribution in [0.25, 0.3) is 11.9 Å². The van der Waals surface area contributed by atoms with Crippen molar-refractivity contribution in [3.05, 3.63) is 75.5 Å². The lowest BCUT2D eigenvalue weighted by Crippen LogP contribution is -2.52. The molecule has 3 aromatic rings. The molecule has 0 amide bonds. The average molecular weight is 448 g/mol. The second-order valence-corrected chi connectivity index (χ2v) is 9.75. The maximum absolute atomic E-state index is 10.8. The zero-order valence-corrected chi connectivity index (χ0v) is 19.3. The molecule has 2 aliphatic rings. The van der Waals surface area contributed by atoms with E-state index < -0.39 is 6.10 Å². The molecule has 3 N–H and O–H groups in total. The maximum Gasteiger partial charge on any atom is 0.124 e. The average Bonchev–Trinajstić information content (AvgIpc) is 3.17. The van der Waals surface area contributed by atoms with Gasteiger partial charge >= 0.3 is 0 Å². The van der Waals surface area contributed by atoms with Crippen LogP contribution in [0.1, 0.15) is 48.6 Å². The Balaban J connectivity index is 1.50. The maximum atomic E-state index is 10.8. The van der Waals surface area contributed by atoms with E-state index in [0.717, 1.165) is 57.2 Å². The number of piperazine rings is 1. The fraction of sp³-hybridized carbons (Fsp3) is 0.360. The summed E-state index contributed by atoms with van der Waals surface area (Å²) in [4.78, 5) is 12.2. The zero-order valence-electron chi connectivity index (χ0n) is 18.5. The van der Waals surface area contributed by atoms with Gasteiger partial charge in [0.1, 0.15) is 10.7 Å². The van der Waals surface area contributed by atoms with E-state index in [1.54, 1.807) is 11.3 Å². The van der Waals surface area contributed by atoms with Gasteiger partial charge in [-0.15, -0.1) is 11.3 Å². The van der Waals surface area contributed by atoms with Gasteiger partial charge in [0.15, 0.2) is 0 Å². The molecule has 1 saturated heterocycles. The Morgan fingerprint density at radius 3 is 2.84 bits per heavy atom. The Morgan fingerprint density at radius 2 is 2.03 bits per heavy atom. The molecule has 0 radical (unpaired) electrons. The van der Waals surface area contributed by atoms with E-state index >= 15 is 0 Å². The number of rotatable bonds is 5. The smallest absolute Gasteiger partial charge is 0.124 e. The van der Waals surface area contributed by atoms with Crippen molar-refractivity contribution < 1.29 is 5.11 Å². The van der Waals surface area contributed by atoms with Crippen molar-refractivity contribution in [2.45, 2.75) is 38.3 Å². The first-order chi connectivity index (χ1) is 15.6. The van der Waals surface area contributed by atoms with Gasteiger partial charge in [0.25, 0.3) is 0 Å². The van der Waals surface area contributed by atoms with Crippen LogP contribution in [0.2, 0.25) is 0 Å². The molecule has 2 aliphatic heterocycles. The molecule has 0 bridgehead atoms. The topological polar surface area (TPSA) is 73.3 Å². The molecule has 0 spiro atoms. The van der Waals surface area contributed by atoms with Crippen molar-refractivity contribution in [2.75, 3.05) is 25.0 Å². The van der Waals surface area contributed by atoms with Gasteiger partial charge in [-0.3, -0.25) is 4.98 Å². The molecule has 2 aromatic heterocycles. The fourth-order valence-corrected chi connectivity index (χ4v) is 5.33. The molecule has 6 nitrogen and oxygen atoms in total. The third kappa shape index (κ3) is 4.16. The molecule has 2 atom stereocenters. The summed E-state index contributed by atoms with van der Waals surface area (Å²) in [5.74, 6) is 0.370. The van der Waals surface area contributed by atoms with E-state index in [1.165, 1.54) is 0 Å². The minimum atomic E-state index is -0.490. The Hall–Kier alpha value is -2.74. The number of aromatic nitrogens is 2. The summed E-state index contributed by atoms with van der Waals surface area (Å²) in [6, 6.07) is 14.1. The zero-order chi connectivity index (χ0) is 22.1. The van der Waals surface area contributed by atoms with Crippen LogP contribution < -0.4 is 21.2 Å². The number of aliphatic hydroxyl groups excluding tert-OH is 1. The van der Waals surface area contributed by atoms with Crippen molar-refractivity contribution in [1.82, 2.24) is 20.2 Å². The third-order valence-corrected chi connectivity index (χ3v) is 7.33. The quantitative estimate of drug-likeness (QED) is 0.558. The molecule has 1 aromatic carbocycles. The normalized spacial score (nSPS) is 18.9. The van der Waals surface area contributed by atoms with E-state index in [9.17, 15) is 5.11 Å². The van der Waals surface area contributed by atoms with Crippen LogP contribution in [0.5, 0.6) is 0 Å². The minimum absolute atomic E-state index is 0.172. The van der Waals surface area contributed by atoms with Crippen molar-refractivity contribution in [2.24, 2.45) is 0 Å². The highest BCUT2D eigenvalue weighted by Crippen LogP contribution is 2.35. The van der Waals surface area contributed by atoms with Crippen LogP contribution >= 0.6 is 11.3 Å². The number of hydrogen-bond donors (Lipinski definition) is 3. The number of thiazole rings is 1. The number of pyridine rings is 1. The number of anilines is 1. The van der Waals surface area contributed by atoms with Crippen LogP contribution in [0, 0.1) is 0 Å². The number of benzene rings is 1. The van der Waals surface area contributed by atoms with Gasteiger partial charge in [-0.1, -0.05) is 44.2 Å². The van der Waals surface area contributed by atoms with Gasteiger partial charge in [-0.25, -0.2) is 4.98 Å². The van der Waals surface area contributed by atoms with Crippen molar-refractivity contribution in [3.8, 4) is 0 Å². The predicted octanol–water partition coefficient (Wildman–Crippen LogP) is 2.38. The van der Waals surface area contributed by atoms with E-state index in [1.807, 2.05) is 48.8 Å². The summed E-state index contributed by atoms with van der Waals surface area (Å²) in [6.45, 7) is 6.88. The van der Waals surface area contributed by atoms with Gasteiger partial charge in [-0.2, -0.15) is 0 Å². The molecule has 0 saturated carbocycles. The first-order valence-electron chi connectivity index (χ1n) is 11.2. The van der Waals surface area contributed by atoms with E-state index in [4.69, 9.17) is 9.97 Å². The van der Waals surface area contributed by atoms with Crippen LogP contribution in [0.15, 0.2) is 48.7 Å². The lowest BCUT2D eigenvalue weighted by Gasteiger charge is -2.37. The molecular formula is C25H29N5OS. The Morgan fingerprint density at radius 1 is 1.19 bits per heavy atom. The van der Waals surface area contributed by atoms with Crippen molar-refractivity contribution >= 4 is 28.2 Å². The summed E-state index contributed by atoms with van der Waals surface area (Å²) in [7, 11) is 0. The van der Waals surface area contributed by atoms with Gasteiger partial charge in [0.05, 0.1) is 22.2 Å². The largest absolute Gasteiger partial charge is 0.388 e. The Labute approximate surface area is 192 Å². The van der Waals surface area contributed by atoms with E-state index in [2.05, 4.69) is 35.4 Å². The van der Waals surface area contributed by atoms with Crippen LogP contribution in [0.3, 0.4) is 0 Å². The Bertz CT molecular complexity index is 1210. The lowest BCUT2D eigenvalue weighted by molar-refractivity contribution is 0.135. The van der Waals surface area contributed by atoms with Crippen LogP contribution in [-0.4, -0.2) is 45.7 Å². The lowest BCUT2D eigenvalue weighted by atomic mass is 10.00. The molecule has 32 heavy (non-hydrogen) atoms. The molecular weight excluding hydrogens is 418 g/mol. The summed E-state index contributed by atoms with van der Waals surface area (Å²) in [5.41, 5.74) is 3.03. The summed E-state index contributed by atoms with van der Waals surface area (Å²) in [5, 5.41) is 22.1. The monoisotopic (exact) mass is 447 g/mol. The highest BCUT2D eigenvalue weighted by Gasteiger charge is 2.29. The van der Waals surface area contributed by atoms with Gasteiger partial charge in [0.2, 0.25) is 0 Å². The van der Waals surface area contributed by atoms with Crippen LogP contribution in [0.4, 0.5) is 5.00 Å². The van der Waals surface area contributed by atoms with Crippen molar-refractivity contribution in [1.29, 1.82) is 0 Å². The molecule has 7 heteroatoms. The summed E-state index contributed by atoms with van der Waals surface area (Å²) < 4.78 is 0. The van der Waals surface area contributed by atoms with Gasteiger partial charge < -0.3 is 20.6 Å². The standard InChI is InChI=1S/C25H29N5OS/c1-16(2)24-29-22-23(21-18(9-6-10-27-21)14-28-25(22)32-24)30-12-11-26-19(15-30)13-20(31)17-7-4-3-5-8-17/h3-10,14,16,19-20,26,28,31H,11-13,15H2,1-2H3/t19?,20-/m0/s1. The molecule has 0 aliphatic carbocycles. The molecule has 4 heterocycles. The predicted molar refractivity (Wildman–Crippen MR) is 130 cm³/mol. The fourth-order valence-electron chi connectivity index (χ4n) is 4.40. The Kier molecular flexibility index (Phi) is 5.95. The van der Waals surface area contributed by atoms with Crippen LogP contribution in [-0.2, 0) is 0 Å². The highest BCUT2D eigenvalue weighted by atomic mass is 32.1. The van der Waals surface area contributed by atoms with Crippen molar-refractivity contribution in [3.63, 3.8) is 0 Å². The number of aliphatic hydroxyl groups is 1. The molecule has 5 rings (SSSR count). The number of nitrogens with one attached hydrogen (secondary N) is 2. The summed E-state index contributed by atoms with van der Waals surface area (Å²) >= 11 is 1.72. The number of nitrogens with zero attached hydrogens (tertiary/aromatic N) is 3. The SMILES string of the molecule is CC(C)c1nc2c(s1)NC=c1cccnc1=C2N1CCNC(C[C@H](O)c2ccccc2)C1. The van der Waals surface area contributed by atoms with E-state index in [-0.39, 0.29) is 6.04 Å².